The third kappa shape index (κ3) is 5.96. The number of carbonyl (C=O) groups is 3. The number of ether oxygens (including phenoxy) is 4. The zero-order valence-electron chi connectivity index (χ0n) is 30.0. The minimum Gasteiger partial charge on any atom is -0.469 e. The van der Waals surface area contributed by atoms with Crippen LogP contribution in [0.1, 0.15) is 69.3 Å². The van der Waals surface area contributed by atoms with Crippen LogP contribution in [0.2, 0.25) is 0 Å². The molecule has 1 aromatic heterocycles. The van der Waals surface area contributed by atoms with E-state index in [1.807, 2.05) is 56.3 Å². The normalized spacial score (nSPS) is 25.2. The number of allylic oxidation sites excluding steroid dienone is 2. The maximum atomic E-state index is 14.2. The second kappa shape index (κ2) is 13.7. The molecule has 0 aliphatic carbocycles. The average Bonchev–Trinajstić information content (AvgIpc) is 3.77. The molecule has 4 aliphatic heterocycles. The van der Waals surface area contributed by atoms with Gasteiger partial charge < -0.3 is 44.4 Å². The van der Waals surface area contributed by atoms with Crippen molar-refractivity contribution in [2.24, 2.45) is 17.8 Å². The van der Waals surface area contributed by atoms with Crippen molar-refractivity contribution in [2.75, 3.05) is 12.4 Å². The zero-order valence-corrected chi connectivity index (χ0v) is 30.0. The van der Waals surface area contributed by atoms with Gasteiger partial charge in [0.1, 0.15) is 53.4 Å². The van der Waals surface area contributed by atoms with Crippen molar-refractivity contribution in [3.63, 3.8) is 0 Å². The second-order valence-corrected chi connectivity index (χ2v) is 14.5. The van der Waals surface area contributed by atoms with Crippen LogP contribution in [0.5, 0.6) is 5.75 Å². The van der Waals surface area contributed by atoms with Gasteiger partial charge in [0.15, 0.2) is 6.23 Å². The van der Waals surface area contributed by atoms with Crippen LogP contribution in [0.25, 0.3) is 5.57 Å². The van der Waals surface area contributed by atoms with E-state index in [0.717, 1.165) is 22.4 Å². The van der Waals surface area contributed by atoms with Gasteiger partial charge in [0.25, 0.3) is 0 Å². The highest BCUT2D eigenvalue weighted by Gasteiger charge is 2.61. The number of hydrogen-bond acceptors (Lipinski definition) is 11. The van der Waals surface area contributed by atoms with Crippen molar-refractivity contribution in [1.29, 1.82) is 0 Å². The van der Waals surface area contributed by atoms with Gasteiger partial charge >= 0.3 is 6.16 Å². The molecule has 2 amide bonds. The van der Waals surface area contributed by atoms with Gasteiger partial charge in [-0.15, -0.1) is 0 Å². The molecular formula is C39H44N4O9. The van der Waals surface area contributed by atoms with Gasteiger partial charge in [-0.05, 0) is 53.5 Å². The highest BCUT2D eigenvalue weighted by Crippen LogP contribution is 2.60. The summed E-state index contributed by atoms with van der Waals surface area (Å²) in [7, 11) is 1.23. The molecule has 6 atom stereocenters. The standard InChI is InChI=1S/C39H44N4O9/c1-19(2)31-29-13-11-21(5)30(36-40-23(17-49-36)18-50-38(47)48-6)33(51-29)39-24-9-7-8-10-26(24)42-37(39)52-28-14-12-22(15-25(28)39)16-27(34(45)43-31)41-35(46)32(44)20(3)4/h7-10,12-15,17,19-21,27,31-32,37,42,44H,11,16,18H2,1-6H3,(H,41,46)(H,43,45). The van der Waals surface area contributed by atoms with Crippen molar-refractivity contribution in [3.8, 4) is 5.75 Å². The van der Waals surface area contributed by atoms with E-state index < -0.39 is 47.8 Å². The predicted octanol–water partition coefficient (Wildman–Crippen LogP) is 4.94. The third-order valence-electron chi connectivity index (χ3n) is 10.3. The summed E-state index contributed by atoms with van der Waals surface area (Å²) in [5, 5.41) is 20.2. The highest BCUT2D eigenvalue weighted by molar-refractivity contribution is 5.90. The number of aliphatic hydroxyl groups excluding tert-OH is 1. The Kier molecular flexibility index (Phi) is 9.24. The quantitative estimate of drug-likeness (QED) is 0.245. The van der Waals surface area contributed by atoms with E-state index in [0.29, 0.717) is 40.8 Å². The lowest BCUT2D eigenvalue weighted by molar-refractivity contribution is -0.135. The van der Waals surface area contributed by atoms with E-state index in [-0.39, 0.29) is 30.8 Å². The second-order valence-electron chi connectivity index (χ2n) is 14.5. The van der Waals surface area contributed by atoms with Crippen LogP contribution in [0.15, 0.2) is 70.7 Å². The Balaban J connectivity index is 1.46. The molecular weight excluding hydrogens is 668 g/mol. The van der Waals surface area contributed by atoms with Crippen LogP contribution in [0.4, 0.5) is 10.5 Å². The number of methoxy groups -OCH3 is 1. The third-order valence-corrected chi connectivity index (χ3v) is 10.3. The summed E-state index contributed by atoms with van der Waals surface area (Å²) in [6.07, 6.45) is 1.35. The van der Waals surface area contributed by atoms with Crippen LogP contribution in [-0.4, -0.2) is 59.6 Å². The monoisotopic (exact) mass is 712 g/mol. The lowest BCUT2D eigenvalue weighted by Crippen LogP contribution is -2.54. The van der Waals surface area contributed by atoms with Gasteiger partial charge in [0.2, 0.25) is 17.7 Å². The number of anilines is 1. The van der Waals surface area contributed by atoms with E-state index in [2.05, 4.69) is 33.7 Å². The SMILES string of the molecule is COC(=O)OCc1coc(C2=C3OC(=CCC2C)C(C(C)C)NC(=O)C(NC(=O)C(O)C(C)C)Cc2ccc4c(c2)C32c3ccccc3NC2O4)n1. The molecule has 4 N–H and O–H groups in total. The fourth-order valence-electron chi connectivity index (χ4n) is 7.51. The fourth-order valence-corrected chi connectivity index (χ4v) is 7.51. The number of amides is 2. The molecule has 0 saturated carbocycles. The van der Waals surface area contributed by atoms with E-state index >= 15 is 0 Å². The molecule has 13 heteroatoms. The molecule has 5 heterocycles. The Bertz CT molecular complexity index is 1970. The largest absolute Gasteiger partial charge is 0.508 e. The average molecular weight is 713 g/mol. The number of para-hydroxylation sites is 1. The molecule has 52 heavy (non-hydrogen) atoms. The van der Waals surface area contributed by atoms with Gasteiger partial charge in [-0.1, -0.05) is 65.0 Å². The first-order valence-corrected chi connectivity index (χ1v) is 17.6. The van der Waals surface area contributed by atoms with E-state index in [1.165, 1.54) is 13.4 Å². The molecule has 0 saturated heterocycles. The number of rotatable bonds is 7. The summed E-state index contributed by atoms with van der Waals surface area (Å²) in [5.41, 5.74) is 3.40. The van der Waals surface area contributed by atoms with Crippen molar-refractivity contribution in [1.82, 2.24) is 15.6 Å². The first-order valence-electron chi connectivity index (χ1n) is 17.6. The van der Waals surface area contributed by atoms with Gasteiger partial charge in [-0.3, -0.25) is 9.59 Å². The fraction of sp³-hybridized carbons (Fsp3) is 0.436. The van der Waals surface area contributed by atoms with Crippen molar-refractivity contribution >= 4 is 29.2 Å². The van der Waals surface area contributed by atoms with E-state index in [9.17, 15) is 19.5 Å². The maximum Gasteiger partial charge on any atom is 0.508 e. The summed E-state index contributed by atoms with van der Waals surface area (Å²) in [6, 6.07) is 12.2. The Labute approximate surface area is 301 Å². The number of aliphatic hydroxyl groups is 1. The molecule has 7 rings (SSSR count). The first kappa shape index (κ1) is 35.1. The van der Waals surface area contributed by atoms with Crippen LogP contribution in [0, 0.1) is 17.8 Å². The molecule has 4 aliphatic rings. The minimum absolute atomic E-state index is 0.131. The Morgan fingerprint density at radius 1 is 1.12 bits per heavy atom. The molecule has 4 bridgehead atoms. The molecule has 6 unspecified atom stereocenters. The number of nitrogens with one attached hydrogen (secondary N) is 3. The topological polar surface area (TPSA) is 170 Å². The van der Waals surface area contributed by atoms with Gasteiger partial charge in [-0.25, -0.2) is 9.78 Å². The molecule has 274 valence electrons. The summed E-state index contributed by atoms with van der Waals surface area (Å²) in [5.74, 6) is 0.295. The Hall–Kier alpha value is -5.30. The van der Waals surface area contributed by atoms with E-state index in [4.69, 9.17) is 23.6 Å². The lowest BCUT2D eigenvalue weighted by Gasteiger charge is -2.36. The van der Waals surface area contributed by atoms with Crippen molar-refractivity contribution in [3.05, 3.63) is 94.6 Å². The summed E-state index contributed by atoms with van der Waals surface area (Å²) < 4.78 is 29.9. The molecule has 13 nitrogen and oxygen atoms in total. The van der Waals surface area contributed by atoms with Crippen molar-refractivity contribution in [2.45, 2.75) is 83.9 Å². The van der Waals surface area contributed by atoms with Gasteiger partial charge in [-0.2, -0.15) is 0 Å². The summed E-state index contributed by atoms with van der Waals surface area (Å²) in [4.78, 5) is 43.9. The maximum absolute atomic E-state index is 14.2. The summed E-state index contributed by atoms with van der Waals surface area (Å²) in [6.45, 7) is 9.38. The number of hydrogen-bond donors (Lipinski definition) is 4. The number of fused-ring (bicyclic) bond motifs is 4. The molecule has 1 spiro atoms. The molecule has 0 fully saturated rings. The molecule has 3 aromatic rings. The number of benzene rings is 2. The van der Waals surface area contributed by atoms with Gasteiger partial charge in [0, 0.05) is 17.7 Å². The van der Waals surface area contributed by atoms with Crippen LogP contribution < -0.4 is 20.7 Å². The van der Waals surface area contributed by atoms with Crippen LogP contribution >= 0.6 is 0 Å². The van der Waals surface area contributed by atoms with Crippen LogP contribution in [0.3, 0.4) is 0 Å². The first-order chi connectivity index (χ1) is 24.9. The number of nitrogens with zero attached hydrogens (tertiary/aromatic N) is 1. The summed E-state index contributed by atoms with van der Waals surface area (Å²) >= 11 is 0. The number of oxazole rings is 1. The highest BCUT2D eigenvalue weighted by atomic mass is 16.7. The zero-order chi connectivity index (χ0) is 36.9. The molecule has 0 radical (unpaired) electrons. The van der Waals surface area contributed by atoms with Crippen LogP contribution in [-0.2, 0) is 42.2 Å². The van der Waals surface area contributed by atoms with Crippen molar-refractivity contribution < 1.29 is 42.9 Å². The molecule has 2 aromatic carbocycles. The number of aromatic nitrogens is 1. The van der Waals surface area contributed by atoms with Gasteiger partial charge in [0.05, 0.1) is 18.7 Å². The predicted molar refractivity (Wildman–Crippen MR) is 189 cm³/mol. The smallest absolute Gasteiger partial charge is 0.469 e. The Morgan fingerprint density at radius 2 is 1.90 bits per heavy atom. The lowest BCUT2D eigenvalue weighted by atomic mass is 9.71. The number of carbonyl (C=O) groups excluding carboxylic acids is 3. The minimum atomic E-state index is -1.28. The van der Waals surface area contributed by atoms with E-state index in [1.54, 1.807) is 13.8 Å². The Morgan fingerprint density at radius 3 is 2.65 bits per heavy atom.